The van der Waals surface area contributed by atoms with E-state index in [2.05, 4.69) is 32.6 Å². The van der Waals surface area contributed by atoms with Gasteiger partial charge in [-0.3, -0.25) is 0 Å². The van der Waals surface area contributed by atoms with Crippen LogP contribution in [-0.2, 0) is 0 Å². The van der Waals surface area contributed by atoms with Crippen LogP contribution in [0.4, 0.5) is 4.39 Å². The number of nitrogens with zero attached hydrogens (tertiary/aromatic N) is 1. The van der Waals surface area contributed by atoms with Gasteiger partial charge in [0, 0.05) is 6.54 Å². The molecule has 2 heteroatoms. The molecule has 0 aliphatic carbocycles. The van der Waals surface area contributed by atoms with E-state index in [0.717, 1.165) is 25.9 Å². The fourth-order valence-corrected chi connectivity index (χ4v) is 2.32. The van der Waals surface area contributed by atoms with Gasteiger partial charge < -0.3 is 4.90 Å². The van der Waals surface area contributed by atoms with E-state index in [1.165, 1.54) is 0 Å². The highest BCUT2D eigenvalue weighted by Crippen LogP contribution is 2.32. The molecule has 1 aliphatic rings. The van der Waals surface area contributed by atoms with E-state index < -0.39 is 6.17 Å². The molecule has 1 unspecified atom stereocenters. The number of alkyl halides is 1. The number of rotatable bonds is 2. The lowest BCUT2D eigenvalue weighted by atomic mass is 9.79. The normalized spacial score (nSPS) is 30.6. The average Bonchev–Trinajstić information content (AvgIpc) is 2.06. The zero-order valence-electron chi connectivity index (χ0n) is 10.0. The van der Waals surface area contributed by atoms with Gasteiger partial charge in [0.2, 0.25) is 0 Å². The second-order valence-electron chi connectivity index (χ2n) is 5.72. The molecule has 0 amide bonds. The van der Waals surface area contributed by atoms with Gasteiger partial charge >= 0.3 is 0 Å². The zero-order chi connectivity index (χ0) is 10.8. The van der Waals surface area contributed by atoms with Crippen LogP contribution in [0.1, 0.15) is 40.5 Å². The molecule has 0 aromatic rings. The van der Waals surface area contributed by atoms with Crippen LogP contribution in [0.3, 0.4) is 0 Å². The van der Waals surface area contributed by atoms with Crippen molar-refractivity contribution in [2.24, 2.45) is 11.3 Å². The molecule has 14 heavy (non-hydrogen) atoms. The Balaban J connectivity index is 2.42. The number of piperidine rings is 1. The first-order chi connectivity index (χ1) is 6.42. The van der Waals surface area contributed by atoms with Gasteiger partial charge in [0.05, 0.1) is 0 Å². The van der Waals surface area contributed by atoms with Crippen LogP contribution in [-0.4, -0.2) is 30.7 Å². The zero-order valence-corrected chi connectivity index (χ0v) is 10.0. The van der Waals surface area contributed by atoms with Crippen LogP contribution in [0.15, 0.2) is 0 Å². The molecule has 1 aliphatic heterocycles. The quantitative estimate of drug-likeness (QED) is 0.663. The molecule has 1 heterocycles. The summed E-state index contributed by atoms with van der Waals surface area (Å²) in [6.45, 7) is 11.4. The van der Waals surface area contributed by atoms with Crippen molar-refractivity contribution >= 4 is 0 Å². The van der Waals surface area contributed by atoms with E-state index in [0.29, 0.717) is 6.54 Å². The first kappa shape index (κ1) is 12.0. The first-order valence-electron chi connectivity index (χ1n) is 5.79. The summed E-state index contributed by atoms with van der Waals surface area (Å²) in [6, 6.07) is 0. The van der Waals surface area contributed by atoms with Crippen molar-refractivity contribution in [3.63, 3.8) is 0 Å². The van der Waals surface area contributed by atoms with Crippen molar-refractivity contribution in [2.75, 3.05) is 19.6 Å². The van der Waals surface area contributed by atoms with Crippen molar-refractivity contribution in [3.05, 3.63) is 0 Å². The van der Waals surface area contributed by atoms with Gasteiger partial charge in [-0.1, -0.05) is 27.7 Å². The second kappa shape index (κ2) is 4.61. The standard InChI is InChI=1S/C12H24FN/c1-5-14-7-6-10(11(13)9-14)8-12(2,3)4/h10-11H,5-9H2,1-4H3/t10?,11-/m0/s1. The van der Waals surface area contributed by atoms with Crippen molar-refractivity contribution < 1.29 is 4.39 Å². The molecule has 1 saturated heterocycles. The van der Waals surface area contributed by atoms with Gasteiger partial charge in [-0.15, -0.1) is 0 Å². The fraction of sp³-hybridized carbons (Fsp3) is 1.00. The summed E-state index contributed by atoms with van der Waals surface area (Å²) in [5, 5.41) is 0. The van der Waals surface area contributed by atoms with Gasteiger partial charge in [-0.2, -0.15) is 0 Å². The average molecular weight is 201 g/mol. The molecule has 0 spiro atoms. The van der Waals surface area contributed by atoms with Crippen molar-refractivity contribution in [2.45, 2.75) is 46.7 Å². The van der Waals surface area contributed by atoms with Crippen LogP contribution < -0.4 is 0 Å². The van der Waals surface area contributed by atoms with E-state index >= 15 is 0 Å². The molecule has 84 valence electrons. The molecule has 1 rings (SSSR count). The Morgan fingerprint density at radius 1 is 1.36 bits per heavy atom. The van der Waals surface area contributed by atoms with Crippen LogP contribution in [0.5, 0.6) is 0 Å². The summed E-state index contributed by atoms with van der Waals surface area (Å²) in [6.07, 6.45) is 1.45. The monoisotopic (exact) mass is 201 g/mol. The lowest BCUT2D eigenvalue weighted by Gasteiger charge is -2.36. The highest BCUT2D eigenvalue weighted by molar-refractivity contribution is 4.82. The van der Waals surface area contributed by atoms with Gasteiger partial charge in [-0.25, -0.2) is 4.39 Å². The van der Waals surface area contributed by atoms with Gasteiger partial charge in [0.25, 0.3) is 0 Å². The molecule has 0 aromatic carbocycles. The molecular formula is C12H24FN. The van der Waals surface area contributed by atoms with Crippen LogP contribution in [0.25, 0.3) is 0 Å². The Morgan fingerprint density at radius 2 is 2.00 bits per heavy atom. The fourth-order valence-electron chi connectivity index (χ4n) is 2.32. The summed E-state index contributed by atoms with van der Waals surface area (Å²) in [5.74, 6) is 0.290. The summed E-state index contributed by atoms with van der Waals surface area (Å²) in [7, 11) is 0. The van der Waals surface area contributed by atoms with Crippen molar-refractivity contribution in [1.82, 2.24) is 4.90 Å². The lowest BCUT2D eigenvalue weighted by Crippen LogP contribution is -2.42. The minimum Gasteiger partial charge on any atom is -0.301 e. The summed E-state index contributed by atoms with van der Waals surface area (Å²) in [5.41, 5.74) is 0.267. The third kappa shape index (κ3) is 3.56. The largest absolute Gasteiger partial charge is 0.301 e. The van der Waals surface area contributed by atoms with E-state index in [4.69, 9.17) is 0 Å². The molecule has 0 N–H and O–H groups in total. The maximum absolute atomic E-state index is 13.8. The first-order valence-corrected chi connectivity index (χ1v) is 5.79. The van der Waals surface area contributed by atoms with Crippen LogP contribution in [0.2, 0.25) is 0 Å². The van der Waals surface area contributed by atoms with E-state index in [1.807, 2.05) is 0 Å². The molecule has 0 bridgehead atoms. The summed E-state index contributed by atoms with van der Waals surface area (Å²) in [4.78, 5) is 2.21. The van der Waals surface area contributed by atoms with E-state index in [9.17, 15) is 4.39 Å². The van der Waals surface area contributed by atoms with Crippen molar-refractivity contribution in [3.8, 4) is 0 Å². The number of hydrogen-bond donors (Lipinski definition) is 0. The van der Waals surface area contributed by atoms with Gasteiger partial charge in [0.1, 0.15) is 6.17 Å². The predicted molar refractivity (Wildman–Crippen MR) is 59.2 cm³/mol. The molecule has 0 radical (unpaired) electrons. The predicted octanol–water partition coefficient (Wildman–Crippen LogP) is 3.10. The molecule has 0 aromatic heterocycles. The highest BCUT2D eigenvalue weighted by Gasteiger charge is 2.31. The second-order valence-corrected chi connectivity index (χ2v) is 5.72. The number of halogens is 1. The van der Waals surface area contributed by atoms with E-state index in [-0.39, 0.29) is 11.3 Å². The SMILES string of the molecule is CCN1CCC(CC(C)(C)C)[C@@H](F)C1. The van der Waals surface area contributed by atoms with Gasteiger partial charge in [-0.05, 0) is 37.3 Å². The molecule has 2 atom stereocenters. The number of likely N-dealkylation sites (tertiary alicyclic amines) is 1. The summed E-state index contributed by atoms with van der Waals surface area (Å²) >= 11 is 0. The minimum atomic E-state index is -0.608. The Kier molecular flexibility index (Phi) is 3.94. The maximum Gasteiger partial charge on any atom is 0.116 e. The highest BCUT2D eigenvalue weighted by atomic mass is 19.1. The third-order valence-electron chi connectivity index (χ3n) is 3.08. The van der Waals surface area contributed by atoms with Crippen LogP contribution in [0, 0.1) is 11.3 Å². The number of hydrogen-bond acceptors (Lipinski definition) is 1. The van der Waals surface area contributed by atoms with Gasteiger partial charge in [0.15, 0.2) is 0 Å². The third-order valence-corrected chi connectivity index (χ3v) is 3.08. The Bertz CT molecular complexity index is 174. The minimum absolute atomic E-state index is 0.267. The topological polar surface area (TPSA) is 3.24 Å². The van der Waals surface area contributed by atoms with E-state index in [1.54, 1.807) is 0 Å². The maximum atomic E-state index is 13.8. The molecule has 1 nitrogen and oxygen atoms in total. The Morgan fingerprint density at radius 3 is 2.43 bits per heavy atom. The lowest BCUT2D eigenvalue weighted by molar-refractivity contribution is 0.0652. The van der Waals surface area contributed by atoms with Crippen LogP contribution >= 0.6 is 0 Å². The smallest absolute Gasteiger partial charge is 0.116 e. The van der Waals surface area contributed by atoms with Crippen molar-refractivity contribution in [1.29, 1.82) is 0 Å². The molecule has 0 saturated carbocycles. The Labute approximate surface area is 87.7 Å². The Hall–Kier alpha value is -0.110. The molecular weight excluding hydrogens is 177 g/mol. The molecule has 1 fully saturated rings. The summed E-state index contributed by atoms with van der Waals surface area (Å²) < 4.78 is 13.8.